The molecule has 0 bridgehead atoms. The molecule has 0 aliphatic carbocycles. The molecule has 0 unspecified atom stereocenters. The van der Waals surface area contributed by atoms with Crippen molar-refractivity contribution in [3.05, 3.63) is 42.4 Å². The van der Waals surface area contributed by atoms with Gasteiger partial charge in [0.05, 0.1) is 6.54 Å². The van der Waals surface area contributed by atoms with Gasteiger partial charge in [0.25, 0.3) is 0 Å². The first-order chi connectivity index (χ1) is 12.2. The van der Waals surface area contributed by atoms with E-state index < -0.39 is 0 Å². The van der Waals surface area contributed by atoms with Crippen LogP contribution in [0.15, 0.2) is 41.1 Å². The number of hydrogen-bond acceptors (Lipinski definition) is 7. The van der Waals surface area contributed by atoms with E-state index >= 15 is 0 Å². The van der Waals surface area contributed by atoms with E-state index in [1.165, 1.54) is 0 Å². The molecule has 0 atom stereocenters. The number of aromatic nitrogens is 3. The van der Waals surface area contributed by atoms with E-state index in [1.54, 1.807) is 6.33 Å². The van der Waals surface area contributed by atoms with Gasteiger partial charge in [-0.3, -0.25) is 0 Å². The Morgan fingerprint density at radius 2 is 2.04 bits per heavy atom. The van der Waals surface area contributed by atoms with E-state index in [0.717, 1.165) is 42.7 Å². The Hall–Kier alpha value is -2.67. The monoisotopic (exact) mass is 338 g/mol. The van der Waals surface area contributed by atoms with E-state index in [1.807, 2.05) is 36.2 Å². The fraction of sp³-hybridized carbons (Fsp3) is 0.389. The summed E-state index contributed by atoms with van der Waals surface area (Å²) >= 11 is 0. The number of furan rings is 1. The Morgan fingerprint density at radius 1 is 1.24 bits per heavy atom. The number of nitrogens with zero attached hydrogens (tertiary/aromatic N) is 5. The van der Waals surface area contributed by atoms with Crippen molar-refractivity contribution in [2.45, 2.75) is 25.4 Å². The number of anilines is 2. The van der Waals surface area contributed by atoms with E-state index in [4.69, 9.17) is 10.2 Å². The Bertz CT molecular complexity index is 822. The Labute approximate surface area is 146 Å². The van der Waals surface area contributed by atoms with Crippen LogP contribution in [0, 0.1) is 0 Å². The van der Waals surface area contributed by atoms with Crippen LogP contribution < -0.4 is 15.5 Å². The molecule has 1 saturated heterocycles. The zero-order valence-electron chi connectivity index (χ0n) is 14.3. The lowest BCUT2D eigenvalue weighted by Gasteiger charge is -2.30. The first kappa shape index (κ1) is 15.8. The average Bonchev–Trinajstić information content (AvgIpc) is 3.04. The van der Waals surface area contributed by atoms with Crippen molar-refractivity contribution in [1.82, 2.24) is 15.0 Å². The fourth-order valence-electron chi connectivity index (χ4n) is 3.13. The van der Waals surface area contributed by atoms with Gasteiger partial charge in [0.2, 0.25) is 11.9 Å². The minimum atomic E-state index is 0.285. The van der Waals surface area contributed by atoms with Gasteiger partial charge in [0, 0.05) is 31.6 Å². The van der Waals surface area contributed by atoms with Gasteiger partial charge in [-0.2, -0.15) is 4.98 Å². The fourth-order valence-corrected chi connectivity index (χ4v) is 3.13. The van der Waals surface area contributed by atoms with Gasteiger partial charge in [0.15, 0.2) is 0 Å². The summed E-state index contributed by atoms with van der Waals surface area (Å²) < 4.78 is 5.88. The van der Waals surface area contributed by atoms with Crippen molar-refractivity contribution in [3.8, 4) is 0 Å². The third-order valence-corrected chi connectivity index (χ3v) is 4.58. The van der Waals surface area contributed by atoms with Crippen molar-refractivity contribution in [1.29, 1.82) is 0 Å². The zero-order chi connectivity index (χ0) is 17.2. The molecule has 130 valence electrons. The predicted molar refractivity (Wildman–Crippen MR) is 97.6 cm³/mol. The second kappa shape index (κ2) is 6.68. The smallest absolute Gasteiger partial charge is 0.230 e. The number of para-hydroxylation sites is 1. The highest BCUT2D eigenvalue weighted by Crippen LogP contribution is 2.21. The molecule has 0 spiro atoms. The summed E-state index contributed by atoms with van der Waals surface area (Å²) in [4.78, 5) is 17.4. The molecule has 7 heteroatoms. The predicted octanol–water partition coefficient (Wildman–Crippen LogP) is 2.18. The van der Waals surface area contributed by atoms with E-state index in [2.05, 4.69) is 25.9 Å². The second-order valence-corrected chi connectivity index (χ2v) is 6.52. The maximum absolute atomic E-state index is 5.97. The normalized spacial score (nSPS) is 15.7. The first-order valence-electron chi connectivity index (χ1n) is 8.57. The third-order valence-electron chi connectivity index (χ3n) is 4.58. The van der Waals surface area contributed by atoms with E-state index in [0.29, 0.717) is 18.4 Å². The lowest BCUT2D eigenvalue weighted by Crippen LogP contribution is -2.40. The maximum atomic E-state index is 5.97. The minimum Gasteiger partial charge on any atom is -0.459 e. The van der Waals surface area contributed by atoms with Crippen molar-refractivity contribution in [2.24, 2.45) is 5.73 Å². The summed E-state index contributed by atoms with van der Waals surface area (Å²) in [5.74, 6) is 2.24. The molecule has 1 aliphatic heterocycles. The van der Waals surface area contributed by atoms with Crippen LogP contribution in [0.2, 0.25) is 0 Å². The van der Waals surface area contributed by atoms with E-state index in [9.17, 15) is 0 Å². The molecule has 2 aromatic heterocycles. The van der Waals surface area contributed by atoms with Gasteiger partial charge in [-0.05, 0) is 25.0 Å². The standard InChI is InChI=1S/C18H22N6O/c1-23(11-15-10-13-4-2-3-5-16(13)25-15)17-20-12-21-18(22-17)24-8-6-14(19)7-9-24/h2-5,10,12,14H,6-9,11,19H2,1H3. The van der Waals surface area contributed by atoms with Gasteiger partial charge >= 0.3 is 0 Å². The van der Waals surface area contributed by atoms with Crippen LogP contribution in [0.1, 0.15) is 18.6 Å². The van der Waals surface area contributed by atoms with Crippen molar-refractivity contribution in [3.63, 3.8) is 0 Å². The number of benzene rings is 1. The second-order valence-electron chi connectivity index (χ2n) is 6.52. The Kier molecular flexibility index (Phi) is 4.23. The number of nitrogens with two attached hydrogens (primary N) is 1. The molecule has 3 aromatic rings. The molecule has 0 radical (unpaired) electrons. The molecule has 1 aliphatic rings. The van der Waals surface area contributed by atoms with Crippen LogP contribution >= 0.6 is 0 Å². The highest BCUT2D eigenvalue weighted by Gasteiger charge is 2.19. The van der Waals surface area contributed by atoms with Crippen LogP contribution in [0.3, 0.4) is 0 Å². The molecule has 25 heavy (non-hydrogen) atoms. The van der Waals surface area contributed by atoms with Crippen LogP contribution in [0.25, 0.3) is 11.0 Å². The highest BCUT2D eigenvalue weighted by atomic mass is 16.3. The van der Waals surface area contributed by atoms with Gasteiger partial charge in [-0.15, -0.1) is 0 Å². The van der Waals surface area contributed by atoms with Gasteiger partial charge in [0.1, 0.15) is 17.7 Å². The summed E-state index contributed by atoms with van der Waals surface area (Å²) in [5.41, 5.74) is 6.87. The molecule has 3 heterocycles. The molecule has 2 N–H and O–H groups in total. The molecule has 1 fully saturated rings. The molecule has 0 saturated carbocycles. The van der Waals surface area contributed by atoms with Crippen molar-refractivity contribution < 1.29 is 4.42 Å². The van der Waals surface area contributed by atoms with Crippen LogP contribution in [0.4, 0.5) is 11.9 Å². The summed E-state index contributed by atoms with van der Waals surface area (Å²) in [6.07, 6.45) is 3.51. The SMILES string of the molecule is CN(Cc1cc2ccccc2o1)c1ncnc(N2CCC(N)CC2)n1. The Morgan fingerprint density at radius 3 is 2.84 bits per heavy atom. The minimum absolute atomic E-state index is 0.285. The number of rotatable bonds is 4. The summed E-state index contributed by atoms with van der Waals surface area (Å²) in [7, 11) is 1.96. The molecule has 4 rings (SSSR count). The van der Waals surface area contributed by atoms with Gasteiger partial charge < -0.3 is 20.0 Å². The molecule has 0 amide bonds. The van der Waals surface area contributed by atoms with Crippen molar-refractivity contribution in [2.75, 3.05) is 29.9 Å². The average molecular weight is 338 g/mol. The largest absolute Gasteiger partial charge is 0.459 e. The third kappa shape index (κ3) is 3.41. The zero-order valence-corrected chi connectivity index (χ0v) is 14.3. The lowest BCUT2D eigenvalue weighted by atomic mass is 10.1. The summed E-state index contributed by atoms with van der Waals surface area (Å²) in [6.45, 7) is 2.37. The molecule has 7 nitrogen and oxygen atoms in total. The lowest BCUT2D eigenvalue weighted by molar-refractivity contribution is 0.495. The van der Waals surface area contributed by atoms with Crippen LogP contribution in [0.5, 0.6) is 0 Å². The van der Waals surface area contributed by atoms with Gasteiger partial charge in [-0.1, -0.05) is 18.2 Å². The van der Waals surface area contributed by atoms with Crippen LogP contribution in [-0.4, -0.2) is 41.1 Å². The number of fused-ring (bicyclic) bond motifs is 1. The maximum Gasteiger partial charge on any atom is 0.230 e. The quantitative estimate of drug-likeness (QED) is 0.780. The number of hydrogen-bond donors (Lipinski definition) is 1. The van der Waals surface area contributed by atoms with Crippen molar-refractivity contribution >= 4 is 22.9 Å². The highest BCUT2D eigenvalue weighted by molar-refractivity contribution is 5.77. The first-order valence-corrected chi connectivity index (χ1v) is 8.57. The summed E-state index contributed by atoms with van der Waals surface area (Å²) in [5, 5.41) is 1.10. The molecular weight excluding hydrogens is 316 g/mol. The van der Waals surface area contributed by atoms with Gasteiger partial charge in [-0.25, -0.2) is 9.97 Å². The van der Waals surface area contributed by atoms with Crippen LogP contribution in [-0.2, 0) is 6.54 Å². The molecular formula is C18H22N6O. The van der Waals surface area contributed by atoms with E-state index in [-0.39, 0.29) is 6.04 Å². The number of piperidine rings is 1. The topological polar surface area (TPSA) is 84.3 Å². The Balaban J connectivity index is 1.50. The summed E-state index contributed by atoms with van der Waals surface area (Å²) in [6, 6.07) is 10.3. The molecule has 1 aromatic carbocycles.